The molecule has 5 nitrogen and oxygen atoms in total. The largest absolute Gasteiger partial charge is 0.503 e. The van der Waals surface area contributed by atoms with Crippen LogP contribution >= 0.6 is 0 Å². The molecule has 0 aliphatic heterocycles. The molecular weight excluding hydrogens is 164 g/mol. The summed E-state index contributed by atoms with van der Waals surface area (Å²) in [7, 11) is 0. The molecule has 0 heterocycles. The second kappa shape index (κ2) is 9.22. The highest BCUT2D eigenvalue weighted by Gasteiger charge is 1.87. The Balaban J connectivity index is 0. The van der Waals surface area contributed by atoms with E-state index in [1.807, 2.05) is 0 Å². The van der Waals surface area contributed by atoms with Crippen LogP contribution in [0.25, 0.3) is 0 Å². The number of ether oxygens (including phenoxy) is 1. The molecule has 0 saturated carbocycles. The van der Waals surface area contributed by atoms with E-state index < -0.39 is 12.1 Å². The van der Waals surface area contributed by atoms with Gasteiger partial charge in [-0.2, -0.15) is 0 Å². The van der Waals surface area contributed by atoms with Crippen molar-refractivity contribution in [2.45, 2.75) is 0 Å². The monoisotopic (exact) mass is 174 g/mol. The van der Waals surface area contributed by atoms with E-state index in [2.05, 4.69) is 17.9 Å². The van der Waals surface area contributed by atoms with Crippen molar-refractivity contribution < 1.29 is 24.5 Å². The lowest BCUT2D eigenvalue weighted by Gasteiger charge is -1.92. The summed E-state index contributed by atoms with van der Waals surface area (Å²) in [5, 5.41) is 13.9. The van der Waals surface area contributed by atoms with Crippen molar-refractivity contribution in [3.05, 3.63) is 25.3 Å². The number of rotatable bonds is 3. The molecule has 0 aromatic carbocycles. The molecule has 0 rings (SSSR count). The SMILES string of the molecule is C=CCOC(=O)C=C.O=C(O)O. The highest BCUT2D eigenvalue weighted by Crippen LogP contribution is 1.77. The minimum atomic E-state index is -1.83. The van der Waals surface area contributed by atoms with Crippen molar-refractivity contribution in [3.8, 4) is 0 Å². The summed E-state index contributed by atoms with van der Waals surface area (Å²) < 4.78 is 4.47. The Morgan fingerprint density at radius 3 is 2.00 bits per heavy atom. The zero-order valence-corrected chi connectivity index (χ0v) is 6.40. The first-order chi connectivity index (χ1) is 5.54. The van der Waals surface area contributed by atoms with Crippen molar-refractivity contribution >= 4 is 12.1 Å². The molecule has 0 amide bonds. The topological polar surface area (TPSA) is 83.8 Å². The maximum absolute atomic E-state index is 10.2. The summed E-state index contributed by atoms with van der Waals surface area (Å²) in [6.07, 6.45) is 0.783. The molecule has 0 unspecified atom stereocenters. The van der Waals surface area contributed by atoms with Gasteiger partial charge in [0.05, 0.1) is 0 Å². The second-order valence-corrected chi connectivity index (χ2v) is 1.41. The van der Waals surface area contributed by atoms with Crippen LogP contribution in [0.5, 0.6) is 0 Å². The van der Waals surface area contributed by atoms with Crippen LogP contribution in [0, 0.1) is 0 Å². The van der Waals surface area contributed by atoms with E-state index in [0.29, 0.717) is 0 Å². The molecule has 0 saturated heterocycles. The molecule has 0 atom stereocenters. The normalized spacial score (nSPS) is 7.00. The number of esters is 1. The third kappa shape index (κ3) is 24.1. The van der Waals surface area contributed by atoms with E-state index >= 15 is 0 Å². The van der Waals surface area contributed by atoms with E-state index in [9.17, 15) is 4.79 Å². The van der Waals surface area contributed by atoms with E-state index in [4.69, 9.17) is 15.0 Å². The van der Waals surface area contributed by atoms with Gasteiger partial charge in [0.15, 0.2) is 0 Å². The maximum atomic E-state index is 10.2. The van der Waals surface area contributed by atoms with Crippen molar-refractivity contribution in [1.29, 1.82) is 0 Å². The van der Waals surface area contributed by atoms with Crippen LogP contribution in [-0.2, 0) is 9.53 Å². The van der Waals surface area contributed by atoms with Crippen LogP contribution in [0.15, 0.2) is 25.3 Å². The summed E-state index contributed by atoms with van der Waals surface area (Å²) >= 11 is 0. The molecule has 0 spiro atoms. The average molecular weight is 174 g/mol. The Bertz CT molecular complexity index is 169. The van der Waals surface area contributed by atoms with Gasteiger partial charge in [-0.25, -0.2) is 9.59 Å². The smallest absolute Gasteiger partial charge is 0.458 e. The van der Waals surface area contributed by atoms with Gasteiger partial charge in [0.1, 0.15) is 6.61 Å². The first-order valence-corrected chi connectivity index (χ1v) is 2.86. The first kappa shape index (κ1) is 12.9. The minimum absolute atomic E-state index is 0.255. The zero-order chi connectivity index (χ0) is 9.98. The van der Waals surface area contributed by atoms with Gasteiger partial charge >= 0.3 is 12.1 Å². The molecule has 5 heteroatoms. The molecule has 0 aromatic rings. The van der Waals surface area contributed by atoms with Gasteiger partial charge in [0.2, 0.25) is 0 Å². The summed E-state index contributed by atoms with van der Waals surface area (Å²) in [5.41, 5.74) is 0. The lowest BCUT2D eigenvalue weighted by molar-refractivity contribution is -0.136. The van der Waals surface area contributed by atoms with Gasteiger partial charge in [-0.3, -0.25) is 0 Å². The number of hydrogen-bond acceptors (Lipinski definition) is 3. The number of hydrogen-bond donors (Lipinski definition) is 2. The predicted molar refractivity (Wildman–Crippen MR) is 42.0 cm³/mol. The lowest BCUT2D eigenvalue weighted by Crippen LogP contribution is -1.98. The van der Waals surface area contributed by atoms with Gasteiger partial charge in [-0.05, 0) is 0 Å². The number of carbonyl (C=O) groups is 2. The number of carbonyl (C=O) groups excluding carboxylic acids is 1. The Kier molecular flexibility index (Phi) is 9.88. The predicted octanol–water partition coefficient (Wildman–Crippen LogP) is 1.12. The molecule has 0 aliphatic rings. The highest BCUT2D eigenvalue weighted by atomic mass is 16.6. The summed E-state index contributed by atoms with van der Waals surface area (Å²) in [4.78, 5) is 18.7. The van der Waals surface area contributed by atoms with Crippen molar-refractivity contribution in [3.63, 3.8) is 0 Å². The van der Waals surface area contributed by atoms with Gasteiger partial charge in [0.25, 0.3) is 0 Å². The standard InChI is InChI=1S/C6H8O2.CH2O3/c1-3-5-8-6(7)4-2;2-1(3)4/h3-4H,1-2,5H2;(H2,2,3,4). The lowest BCUT2D eigenvalue weighted by atomic mass is 10.6. The molecular formula is C7H10O5. The molecule has 0 radical (unpaired) electrons. The van der Waals surface area contributed by atoms with Gasteiger partial charge in [-0.15, -0.1) is 0 Å². The fourth-order valence-electron chi connectivity index (χ4n) is 0.200. The van der Waals surface area contributed by atoms with Crippen molar-refractivity contribution in [2.75, 3.05) is 6.61 Å². The third-order valence-corrected chi connectivity index (χ3v) is 0.510. The summed E-state index contributed by atoms with van der Waals surface area (Å²) in [6.45, 7) is 6.81. The Morgan fingerprint density at radius 2 is 1.75 bits per heavy atom. The summed E-state index contributed by atoms with van der Waals surface area (Å²) in [5.74, 6) is -0.412. The minimum Gasteiger partial charge on any atom is -0.458 e. The summed E-state index contributed by atoms with van der Waals surface area (Å²) in [6, 6.07) is 0. The first-order valence-electron chi connectivity index (χ1n) is 2.86. The molecule has 0 bridgehead atoms. The fraction of sp³-hybridized carbons (Fsp3) is 0.143. The molecule has 0 aliphatic carbocycles. The van der Waals surface area contributed by atoms with Crippen LogP contribution in [0.4, 0.5) is 4.79 Å². The van der Waals surface area contributed by atoms with E-state index in [1.54, 1.807) is 0 Å². The van der Waals surface area contributed by atoms with Crippen LogP contribution in [0.1, 0.15) is 0 Å². The highest BCUT2D eigenvalue weighted by molar-refractivity contribution is 5.81. The number of carboxylic acid groups (broad SMARTS) is 2. The van der Waals surface area contributed by atoms with Gasteiger partial charge < -0.3 is 14.9 Å². The second-order valence-electron chi connectivity index (χ2n) is 1.41. The molecule has 2 N–H and O–H groups in total. The van der Waals surface area contributed by atoms with Crippen LogP contribution in [0.3, 0.4) is 0 Å². The van der Waals surface area contributed by atoms with Crippen LogP contribution in [-0.4, -0.2) is 28.9 Å². The maximum Gasteiger partial charge on any atom is 0.503 e. The van der Waals surface area contributed by atoms with E-state index in [0.717, 1.165) is 6.08 Å². The molecule has 12 heavy (non-hydrogen) atoms. The molecule has 68 valence electrons. The Labute approximate surface area is 69.6 Å². The van der Waals surface area contributed by atoms with Crippen molar-refractivity contribution in [1.82, 2.24) is 0 Å². The van der Waals surface area contributed by atoms with Gasteiger partial charge in [-0.1, -0.05) is 19.2 Å². The Morgan fingerprint density at radius 1 is 1.33 bits per heavy atom. The average Bonchev–Trinajstić information content (AvgIpc) is 1.99. The molecule has 0 fully saturated rings. The quantitative estimate of drug-likeness (QED) is 0.380. The van der Waals surface area contributed by atoms with Crippen LogP contribution < -0.4 is 0 Å². The van der Waals surface area contributed by atoms with Gasteiger partial charge in [0, 0.05) is 6.08 Å². The van der Waals surface area contributed by atoms with Crippen molar-refractivity contribution in [2.24, 2.45) is 0 Å². The van der Waals surface area contributed by atoms with E-state index in [-0.39, 0.29) is 6.61 Å². The molecule has 0 aromatic heterocycles. The fourth-order valence-corrected chi connectivity index (χ4v) is 0.200. The third-order valence-electron chi connectivity index (χ3n) is 0.510. The Hall–Kier alpha value is -1.78. The zero-order valence-electron chi connectivity index (χ0n) is 6.40. The van der Waals surface area contributed by atoms with Crippen LogP contribution in [0.2, 0.25) is 0 Å². The van der Waals surface area contributed by atoms with E-state index in [1.165, 1.54) is 6.08 Å².